The van der Waals surface area contributed by atoms with E-state index in [0.717, 1.165) is 5.56 Å². The SMILES string of the molecule is CCN1C(=O)/C(=C\c2ccc(-c3ccc(Cl)c(Cl)c3)o2)SC1=Nc1cccnc1Cl. The minimum atomic E-state index is -0.145. The minimum absolute atomic E-state index is 0.145. The van der Waals surface area contributed by atoms with Gasteiger partial charge in [-0.15, -0.1) is 0 Å². The van der Waals surface area contributed by atoms with E-state index in [2.05, 4.69) is 9.98 Å². The van der Waals surface area contributed by atoms with Crippen LogP contribution in [0.2, 0.25) is 15.2 Å². The van der Waals surface area contributed by atoms with Gasteiger partial charge in [0, 0.05) is 24.4 Å². The molecule has 2 aromatic heterocycles. The Kier molecular flexibility index (Phi) is 6.20. The summed E-state index contributed by atoms with van der Waals surface area (Å²) in [7, 11) is 0. The van der Waals surface area contributed by atoms with E-state index < -0.39 is 0 Å². The van der Waals surface area contributed by atoms with E-state index in [-0.39, 0.29) is 11.1 Å². The highest BCUT2D eigenvalue weighted by Gasteiger charge is 2.32. The predicted octanol–water partition coefficient (Wildman–Crippen LogP) is 6.93. The molecule has 1 amide bonds. The number of hydrogen-bond acceptors (Lipinski definition) is 5. The molecular weight excluding hydrogens is 465 g/mol. The van der Waals surface area contributed by atoms with Crippen molar-refractivity contribution in [2.75, 3.05) is 6.54 Å². The summed E-state index contributed by atoms with van der Waals surface area (Å²) < 4.78 is 5.88. The van der Waals surface area contributed by atoms with Crippen molar-refractivity contribution in [2.45, 2.75) is 6.92 Å². The molecule has 3 aromatic rings. The zero-order chi connectivity index (χ0) is 21.3. The molecule has 30 heavy (non-hydrogen) atoms. The first-order chi connectivity index (χ1) is 14.5. The van der Waals surface area contributed by atoms with Gasteiger partial charge in [0.05, 0.1) is 15.0 Å². The normalized spacial score (nSPS) is 16.8. The number of likely N-dealkylation sites (N-methyl/N-ethyl adjacent to an activating group) is 1. The number of amidine groups is 1. The van der Waals surface area contributed by atoms with Gasteiger partial charge in [-0.2, -0.15) is 0 Å². The van der Waals surface area contributed by atoms with E-state index >= 15 is 0 Å². The van der Waals surface area contributed by atoms with Crippen LogP contribution in [0.3, 0.4) is 0 Å². The summed E-state index contributed by atoms with van der Waals surface area (Å²) >= 11 is 19.4. The van der Waals surface area contributed by atoms with Crippen LogP contribution in [0, 0.1) is 0 Å². The summed E-state index contributed by atoms with van der Waals surface area (Å²) in [4.78, 5) is 23.4. The van der Waals surface area contributed by atoms with E-state index in [1.165, 1.54) is 11.8 Å². The Labute approximate surface area is 192 Å². The van der Waals surface area contributed by atoms with Gasteiger partial charge in [-0.3, -0.25) is 9.69 Å². The number of nitrogens with zero attached hydrogens (tertiary/aromatic N) is 3. The fourth-order valence-electron chi connectivity index (χ4n) is 2.80. The third-order valence-corrected chi connectivity index (χ3v) is 6.30. The number of aliphatic imine (C=N–C) groups is 1. The molecule has 0 N–H and O–H groups in total. The first-order valence-corrected chi connectivity index (χ1v) is 10.9. The fraction of sp³-hybridized carbons (Fsp3) is 0.0952. The molecule has 0 saturated carbocycles. The molecule has 1 aliphatic heterocycles. The number of pyridine rings is 1. The van der Waals surface area contributed by atoms with Gasteiger partial charge in [0.15, 0.2) is 10.3 Å². The van der Waals surface area contributed by atoms with Crippen LogP contribution in [0.5, 0.6) is 0 Å². The summed E-state index contributed by atoms with van der Waals surface area (Å²) in [6, 6.07) is 12.4. The topological polar surface area (TPSA) is 58.7 Å². The zero-order valence-corrected chi connectivity index (χ0v) is 18.7. The quantitative estimate of drug-likeness (QED) is 0.301. The number of carbonyl (C=O) groups excluding carboxylic acids is 1. The average Bonchev–Trinajstić information content (AvgIpc) is 3.31. The van der Waals surface area contributed by atoms with Crippen LogP contribution < -0.4 is 0 Å². The van der Waals surface area contributed by atoms with Crippen molar-refractivity contribution in [1.29, 1.82) is 0 Å². The molecule has 3 heterocycles. The lowest BCUT2D eigenvalue weighted by molar-refractivity contribution is -0.122. The number of hydrogen-bond donors (Lipinski definition) is 0. The molecule has 0 atom stereocenters. The standard InChI is InChI=1S/C21H14Cl3N3O2S/c1-2-27-20(28)18(30-21(27)26-16-4-3-9-25-19(16)24)11-13-6-8-17(29-13)12-5-7-14(22)15(23)10-12/h3-11H,2H2,1H3/b18-11+,26-21?. The lowest BCUT2D eigenvalue weighted by Gasteiger charge is -2.12. The monoisotopic (exact) mass is 477 g/mol. The molecule has 4 rings (SSSR count). The number of amides is 1. The van der Waals surface area contributed by atoms with Crippen LogP contribution in [0.15, 0.2) is 63.0 Å². The first kappa shape index (κ1) is 21.0. The van der Waals surface area contributed by atoms with E-state index in [0.29, 0.717) is 43.9 Å². The third kappa shape index (κ3) is 4.27. The van der Waals surface area contributed by atoms with Crippen molar-refractivity contribution < 1.29 is 9.21 Å². The summed E-state index contributed by atoms with van der Waals surface area (Å²) in [6.07, 6.45) is 3.29. The van der Waals surface area contributed by atoms with Crippen molar-refractivity contribution in [3.8, 4) is 11.3 Å². The van der Waals surface area contributed by atoms with Gasteiger partial charge in [0.1, 0.15) is 17.2 Å². The van der Waals surface area contributed by atoms with Crippen molar-refractivity contribution in [2.24, 2.45) is 4.99 Å². The number of rotatable bonds is 4. The molecule has 1 fully saturated rings. The minimum Gasteiger partial charge on any atom is -0.457 e. The zero-order valence-electron chi connectivity index (χ0n) is 15.6. The van der Waals surface area contributed by atoms with Gasteiger partial charge in [-0.05, 0) is 61.2 Å². The Hall–Kier alpha value is -2.25. The van der Waals surface area contributed by atoms with E-state index in [1.807, 2.05) is 19.1 Å². The van der Waals surface area contributed by atoms with Gasteiger partial charge in [0.25, 0.3) is 5.91 Å². The molecule has 152 valence electrons. The van der Waals surface area contributed by atoms with Crippen molar-refractivity contribution in [3.05, 3.63) is 74.5 Å². The van der Waals surface area contributed by atoms with Gasteiger partial charge >= 0.3 is 0 Å². The Morgan fingerprint density at radius 2 is 2.00 bits per heavy atom. The largest absolute Gasteiger partial charge is 0.457 e. The van der Waals surface area contributed by atoms with Crippen LogP contribution in [0.25, 0.3) is 17.4 Å². The van der Waals surface area contributed by atoms with Gasteiger partial charge in [-0.25, -0.2) is 9.98 Å². The predicted molar refractivity (Wildman–Crippen MR) is 123 cm³/mol. The van der Waals surface area contributed by atoms with Gasteiger partial charge in [-0.1, -0.05) is 34.8 Å². The molecule has 0 bridgehead atoms. The number of aromatic nitrogens is 1. The fourth-order valence-corrected chi connectivity index (χ4v) is 4.29. The molecule has 9 heteroatoms. The lowest BCUT2D eigenvalue weighted by atomic mass is 10.2. The van der Waals surface area contributed by atoms with E-state index in [1.54, 1.807) is 47.5 Å². The maximum atomic E-state index is 12.8. The summed E-state index contributed by atoms with van der Waals surface area (Å²) in [5.41, 5.74) is 1.30. The Morgan fingerprint density at radius 1 is 1.17 bits per heavy atom. The lowest BCUT2D eigenvalue weighted by Crippen LogP contribution is -2.28. The Balaban J connectivity index is 1.63. The van der Waals surface area contributed by atoms with Crippen molar-refractivity contribution in [3.63, 3.8) is 0 Å². The molecule has 0 aliphatic carbocycles. The number of benzene rings is 1. The van der Waals surface area contributed by atoms with Crippen LogP contribution in [-0.2, 0) is 4.79 Å². The Bertz CT molecular complexity index is 1190. The molecule has 0 radical (unpaired) electrons. The molecule has 0 spiro atoms. The second-order valence-electron chi connectivity index (χ2n) is 6.20. The molecule has 1 aromatic carbocycles. The molecule has 0 unspecified atom stereocenters. The highest BCUT2D eigenvalue weighted by Crippen LogP contribution is 2.36. The van der Waals surface area contributed by atoms with E-state index in [4.69, 9.17) is 39.2 Å². The smallest absolute Gasteiger partial charge is 0.266 e. The number of halogens is 3. The molecule has 1 saturated heterocycles. The van der Waals surface area contributed by atoms with Crippen molar-refractivity contribution >= 4 is 69.4 Å². The number of carbonyl (C=O) groups is 1. The maximum absolute atomic E-state index is 12.8. The first-order valence-electron chi connectivity index (χ1n) is 8.92. The summed E-state index contributed by atoms with van der Waals surface area (Å²) in [5, 5.41) is 1.74. The average molecular weight is 479 g/mol. The molecular formula is C21H14Cl3N3O2S. The molecule has 5 nitrogen and oxygen atoms in total. The third-order valence-electron chi connectivity index (χ3n) is 4.26. The maximum Gasteiger partial charge on any atom is 0.266 e. The van der Waals surface area contributed by atoms with Gasteiger partial charge < -0.3 is 4.42 Å². The van der Waals surface area contributed by atoms with E-state index in [9.17, 15) is 4.79 Å². The second kappa shape index (κ2) is 8.86. The van der Waals surface area contributed by atoms with Crippen LogP contribution >= 0.6 is 46.6 Å². The van der Waals surface area contributed by atoms with Crippen LogP contribution in [-0.4, -0.2) is 27.5 Å². The number of furan rings is 1. The summed E-state index contributed by atoms with van der Waals surface area (Å²) in [5.74, 6) is 1.02. The van der Waals surface area contributed by atoms with Crippen LogP contribution in [0.4, 0.5) is 5.69 Å². The van der Waals surface area contributed by atoms with Crippen LogP contribution in [0.1, 0.15) is 12.7 Å². The molecule has 1 aliphatic rings. The van der Waals surface area contributed by atoms with Crippen molar-refractivity contribution in [1.82, 2.24) is 9.88 Å². The second-order valence-corrected chi connectivity index (χ2v) is 8.38. The highest BCUT2D eigenvalue weighted by atomic mass is 35.5. The Morgan fingerprint density at radius 3 is 2.73 bits per heavy atom. The number of thioether (sulfide) groups is 1. The van der Waals surface area contributed by atoms with Gasteiger partial charge in [0.2, 0.25) is 0 Å². The highest BCUT2D eigenvalue weighted by molar-refractivity contribution is 8.18. The summed E-state index contributed by atoms with van der Waals surface area (Å²) in [6.45, 7) is 2.36.